The van der Waals surface area contributed by atoms with Crippen LogP contribution in [0.1, 0.15) is 46.0 Å². The van der Waals surface area contributed by atoms with Gasteiger partial charge < -0.3 is 19.5 Å². The molecule has 1 N–H and O–H groups in total. The minimum absolute atomic E-state index is 0.0221. The molecule has 1 aromatic heterocycles. The number of nitrogens with one attached hydrogen (secondary N) is 1. The summed E-state index contributed by atoms with van der Waals surface area (Å²) in [4.78, 5) is 18.6. The van der Waals surface area contributed by atoms with Crippen LogP contribution in [0.15, 0.2) is 18.7 Å². The fourth-order valence-corrected chi connectivity index (χ4v) is 4.60. The van der Waals surface area contributed by atoms with Crippen molar-refractivity contribution in [2.45, 2.75) is 70.7 Å². The van der Waals surface area contributed by atoms with Crippen LogP contribution in [-0.4, -0.2) is 52.3 Å². The number of amides is 2. The van der Waals surface area contributed by atoms with Crippen molar-refractivity contribution < 1.29 is 9.53 Å². The van der Waals surface area contributed by atoms with Crippen LogP contribution in [0.25, 0.3) is 0 Å². The minimum atomic E-state index is 0.0221. The molecule has 0 radical (unpaired) electrons. The SMILES string of the molecule is CCOC1CC(N(C)C(=O)NC(C)Cn2ccnc2)C12CCCC2. The smallest absolute Gasteiger partial charge is 0.317 e. The minimum Gasteiger partial charge on any atom is -0.378 e. The van der Waals surface area contributed by atoms with Crippen molar-refractivity contribution >= 4 is 6.03 Å². The van der Waals surface area contributed by atoms with Gasteiger partial charge in [-0.05, 0) is 33.1 Å². The number of urea groups is 1. The zero-order valence-corrected chi connectivity index (χ0v) is 15.1. The molecule has 0 aromatic carbocycles. The maximum atomic E-state index is 12.7. The van der Waals surface area contributed by atoms with E-state index in [4.69, 9.17) is 4.74 Å². The summed E-state index contributed by atoms with van der Waals surface area (Å²) in [5.41, 5.74) is 0.190. The number of aromatic nitrogens is 2. The largest absolute Gasteiger partial charge is 0.378 e. The third-order valence-corrected chi connectivity index (χ3v) is 5.85. The Morgan fingerprint density at radius 3 is 2.88 bits per heavy atom. The molecule has 3 unspecified atom stereocenters. The number of nitrogens with zero attached hydrogens (tertiary/aromatic N) is 3. The molecule has 0 aliphatic heterocycles. The molecule has 2 amide bonds. The molecule has 1 heterocycles. The Labute approximate surface area is 144 Å². The van der Waals surface area contributed by atoms with Gasteiger partial charge in [-0.1, -0.05) is 12.8 Å². The lowest BCUT2D eigenvalue weighted by Gasteiger charge is -2.56. The molecule has 0 saturated heterocycles. The summed E-state index contributed by atoms with van der Waals surface area (Å²) < 4.78 is 7.94. The van der Waals surface area contributed by atoms with Crippen LogP contribution in [0.4, 0.5) is 4.79 Å². The van der Waals surface area contributed by atoms with E-state index in [1.54, 1.807) is 12.5 Å². The Balaban J connectivity index is 1.57. The normalized spacial score (nSPS) is 26.1. The van der Waals surface area contributed by atoms with Crippen LogP contribution in [0.5, 0.6) is 0 Å². The molecule has 2 saturated carbocycles. The number of imidazole rings is 1. The molecule has 2 fully saturated rings. The Morgan fingerprint density at radius 2 is 2.25 bits per heavy atom. The summed E-state index contributed by atoms with van der Waals surface area (Å²) in [5.74, 6) is 0. The van der Waals surface area contributed by atoms with Gasteiger partial charge in [0.25, 0.3) is 0 Å². The number of carbonyl (C=O) groups excluding carboxylic acids is 1. The number of rotatable bonds is 6. The molecule has 3 rings (SSSR count). The van der Waals surface area contributed by atoms with E-state index in [1.165, 1.54) is 25.7 Å². The highest BCUT2D eigenvalue weighted by atomic mass is 16.5. The van der Waals surface area contributed by atoms with Gasteiger partial charge in [-0.2, -0.15) is 0 Å². The lowest BCUT2D eigenvalue weighted by Crippen LogP contribution is -2.65. The Kier molecular flexibility index (Phi) is 5.13. The van der Waals surface area contributed by atoms with Gasteiger partial charge in [0.15, 0.2) is 0 Å². The van der Waals surface area contributed by atoms with Gasteiger partial charge in [-0.3, -0.25) is 0 Å². The highest BCUT2D eigenvalue weighted by Crippen LogP contribution is 2.56. The van der Waals surface area contributed by atoms with E-state index >= 15 is 0 Å². The zero-order valence-electron chi connectivity index (χ0n) is 15.1. The first-order valence-electron chi connectivity index (χ1n) is 9.17. The third-order valence-electron chi connectivity index (χ3n) is 5.85. The molecule has 6 nitrogen and oxygen atoms in total. The predicted octanol–water partition coefficient (Wildman–Crippen LogP) is 2.65. The van der Waals surface area contributed by atoms with E-state index in [2.05, 4.69) is 17.2 Å². The van der Waals surface area contributed by atoms with Crippen LogP contribution in [0.2, 0.25) is 0 Å². The molecular weight excluding hydrogens is 304 g/mol. The first-order valence-corrected chi connectivity index (χ1v) is 9.17. The van der Waals surface area contributed by atoms with Gasteiger partial charge in [0, 0.05) is 50.1 Å². The topological polar surface area (TPSA) is 59.4 Å². The molecule has 1 spiro atoms. The van der Waals surface area contributed by atoms with Crippen LogP contribution >= 0.6 is 0 Å². The molecule has 0 bridgehead atoms. The summed E-state index contributed by atoms with van der Waals surface area (Å²) in [6.45, 7) is 5.58. The van der Waals surface area contributed by atoms with Crippen molar-refractivity contribution in [2.75, 3.05) is 13.7 Å². The van der Waals surface area contributed by atoms with Crippen molar-refractivity contribution in [3.63, 3.8) is 0 Å². The molecule has 3 atom stereocenters. The number of hydrogen-bond donors (Lipinski definition) is 1. The summed E-state index contributed by atoms with van der Waals surface area (Å²) >= 11 is 0. The van der Waals surface area contributed by atoms with E-state index in [9.17, 15) is 4.79 Å². The maximum Gasteiger partial charge on any atom is 0.317 e. The predicted molar refractivity (Wildman–Crippen MR) is 92.7 cm³/mol. The van der Waals surface area contributed by atoms with Crippen molar-refractivity contribution in [3.05, 3.63) is 18.7 Å². The van der Waals surface area contributed by atoms with E-state index in [1.807, 2.05) is 29.6 Å². The summed E-state index contributed by atoms with van der Waals surface area (Å²) in [5, 5.41) is 3.12. The van der Waals surface area contributed by atoms with Crippen LogP contribution < -0.4 is 5.32 Å². The van der Waals surface area contributed by atoms with Crippen LogP contribution in [0.3, 0.4) is 0 Å². The molecule has 24 heavy (non-hydrogen) atoms. The molecule has 2 aliphatic rings. The van der Waals surface area contributed by atoms with Crippen LogP contribution in [-0.2, 0) is 11.3 Å². The summed E-state index contributed by atoms with van der Waals surface area (Å²) in [7, 11) is 1.94. The van der Waals surface area contributed by atoms with Crippen molar-refractivity contribution in [3.8, 4) is 0 Å². The number of carbonyl (C=O) groups is 1. The van der Waals surface area contributed by atoms with Crippen molar-refractivity contribution in [1.82, 2.24) is 19.8 Å². The second-order valence-electron chi connectivity index (χ2n) is 7.36. The highest BCUT2D eigenvalue weighted by molar-refractivity contribution is 5.74. The molecular formula is C18H30N4O2. The second-order valence-corrected chi connectivity index (χ2v) is 7.36. The fraction of sp³-hybridized carbons (Fsp3) is 0.778. The van der Waals surface area contributed by atoms with Crippen LogP contribution in [0, 0.1) is 5.41 Å². The van der Waals surface area contributed by atoms with Gasteiger partial charge in [-0.15, -0.1) is 0 Å². The quantitative estimate of drug-likeness (QED) is 0.870. The first-order chi connectivity index (χ1) is 11.6. The van der Waals surface area contributed by atoms with E-state index in [-0.39, 0.29) is 17.5 Å². The Hall–Kier alpha value is -1.56. The monoisotopic (exact) mass is 334 g/mol. The molecule has 6 heteroatoms. The maximum absolute atomic E-state index is 12.7. The molecule has 1 aromatic rings. The Bertz CT molecular complexity index is 539. The summed E-state index contributed by atoms with van der Waals surface area (Å²) in [6.07, 6.45) is 11.6. The van der Waals surface area contributed by atoms with E-state index < -0.39 is 0 Å². The molecule has 2 aliphatic carbocycles. The van der Waals surface area contributed by atoms with Crippen molar-refractivity contribution in [1.29, 1.82) is 0 Å². The first kappa shape index (κ1) is 17.3. The third kappa shape index (κ3) is 3.16. The van der Waals surface area contributed by atoms with Gasteiger partial charge in [-0.25, -0.2) is 9.78 Å². The zero-order chi connectivity index (χ0) is 17.2. The lowest BCUT2D eigenvalue weighted by atomic mass is 9.60. The van der Waals surface area contributed by atoms with Gasteiger partial charge >= 0.3 is 6.03 Å². The molecule has 134 valence electrons. The average Bonchev–Trinajstić information content (AvgIpc) is 3.22. The fourth-order valence-electron chi connectivity index (χ4n) is 4.60. The van der Waals surface area contributed by atoms with Crippen molar-refractivity contribution in [2.24, 2.45) is 5.41 Å². The number of hydrogen-bond acceptors (Lipinski definition) is 3. The van der Waals surface area contributed by atoms with Gasteiger partial charge in [0.1, 0.15) is 0 Å². The van der Waals surface area contributed by atoms with E-state index in [0.29, 0.717) is 12.1 Å². The standard InChI is InChI=1S/C18H30N4O2/c1-4-24-16-11-15(18(16)7-5-6-8-18)21(3)17(23)20-14(2)12-22-10-9-19-13-22/h9-10,13-16H,4-8,11-12H2,1-3H3,(H,20,23). The Morgan fingerprint density at radius 1 is 1.50 bits per heavy atom. The number of ether oxygens (including phenoxy) is 1. The highest BCUT2D eigenvalue weighted by Gasteiger charge is 2.58. The average molecular weight is 334 g/mol. The van der Waals surface area contributed by atoms with Gasteiger partial charge in [0.2, 0.25) is 0 Å². The summed E-state index contributed by atoms with van der Waals surface area (Å²) in [6, 6.07) is 0.391. The second kappa shape index (κ2) is 7.13. The lowest BCUT2D eigenvalue weighted by molar-refractivity contribution is -0.151. The van der Waals surface area contributed by atoms with Gasteiger partial charge in [0.05, 0.1) is 12.4 Å². The van der Waals surface area contributed by atoms with E-state index in [0.717, 1.165) is 19.6 Å².